The zero-order valence-electron chi connectivity index (χ0n) is 13.8. The van der Waals surface area contributed by atoms with Crippen LogP contribution in [0.1, 0.15) is 53.4 Å². The van der Waals surface area contributed by atoms with Crippen molar-refractivity contribution in [3.8, 4) is 0 Å². The summed E-state index contributed by atoms with van der Waals surface area (Å²) in [6.07, 6.45) is 3.07. The Morgan fingerprint density at radius 1 is 1.05 bits per heavy atom. The van der Waals surface area contributed by atoms with Crippen LogP contribution in [-0.4, -0.2) is 42.2 Å². The summed E-state index contributed by atoms with van der Waals surface area (Å²) in [6.45, 7) is 10.0. The second kappa shape index (κ2) is 11.7. The summed E-state index contributed by atoms with van der Waals surface area (Å²) in [7, 11) is 0. The summed E-state index contributed by atoms with van der Waals surface area (Å²) in [5, 5.41) is 5.65. The Bertz CT molecular complexity index is 304. The number of nitrogens with one attached hydrogen (secondary N) is 2. The monoisotopic (exact) mass is 318 g/mol. The molecule has 2 amide bonds. The van der Waals surface area contributed by atoms with E-state index in [4.69, 9.17) is 4.74 Å². The molecule has 0 atom stereocenters. The minimum Gasteiger partial charge on any atom is -0.466 e. The average Bonchev–Trinajstić information content (AvgIpc) is 2.38. The van der Waals surface area contributed by atoms with Gasteiger partial charge in [0.25, 0.3) is 0 Å². The number of urea groups is 1. The van der Waals surface area contributed by atoms with Crippen LogP contribution in [0.15, 0.2) is 0 Å². The minimum atomic E-state index is -0.139. The average molecular weight is 318 g/mol. The van der Waals surface area contributed by atoms with Crippen molar-refractivity contribution in [1.82, 2.24) is 10.6 Å². The molecule has 0 rings (SSSR count). The van der Waals surface area contributed by atoms with E-state index in [0.29, 0.717) is 26.1 Å². The van der Waals surface area contributed by atoms with Crippen LogP contribution in [-0.2, 0) is 9.53 Å². The second-order valence-corrected chi connectivity index (χ2v) is 7.68. The smallest absolute Gasteiger partial charge is 0.314 e. The highest BCUT2D eigenvalue weighted by Gasteiger charge is 2.09. The summed E-state index contributed by atoms with van der Waals surface area (Å²) >= 11 is 1.83. The van der Waals surface area contributed by atoms with Crippen molar-refractivity contribution in [2.75, 3.05) is 25.4 Å². The number of esters is 1. The standard InChI is InChI=1S/C15H30N2O3S/c1-5-20-13(18)9-7-6-8-10-16-14(19)17-11-12-21-15(2,3)4/h5-12H2,1-4H3,(H2,16,17,19). The number of hydrogen-bond donors (Lipinski definition) is 2. The molecule has 0 saturated heterocycles. The van der Waals surface area contributed by atoms with E-state index in [2.05, 4.69) is 31.4 Å². The first-order valence-electron chi connectivity index (χ1n) is 7.66. The van der Waals surface area contributed by atoms with Crippen LogP contribution < -0.4 is 10.6 Å². The fraction of sp³-hybridized carbons (Fsp3) is 0.867. The fourth-order valence-electron chi connectivity index (χ4n) is 1.59. The number of thioether (sulfide) groups is 1. The number of ether oxygens (including phenoxy) is 1. The van der Waals surface area contributed by atoms with E-state index in [0.717, 1.165) is 25.0 Å². The largest absolute Gasteiger partial charge is 0.466 e. The lowest BCUT2D eigenvalue weighted by atomic mass is 10.2. The van der Waals surface area contributed by atoms with E-state index in [1.807, 2.05) is 11.8 Å². The molecular formula is C15H30N2O3S. The third-order valence-electron chi connectivity index (χ3n) is 2.57. The molecule has 0 radical (unpaired) electrons. The zero-order chi connectivity index (χ0) is 16.1. The number of amides is 2. The molecule has 0 spiro atoms. The Morgan fingerprint density at radius 3 is 2.33 bits per heavy atom. The highest BCUT2D eigenvalue weighted by molar-refractivity contribution is 8.00. The highest BCUT2D eigenvalue weighted by atomic mass is 32.2. The normalized spacial score (nSPS) is 11.0. The van der Waals surface area contributed by atoms with Crippen molar-refractivity contribution < 1.29 is 14.3 Å². The van der Waals surface area contributed by atoms with Crippen LogP contribution in [0.2, 0.25) is 0 Å². The van der Waals surface area contributed by atoms with E-state index >= 15 is 0 Å². The molecule has 0 aromatic rings. The van der Waals surface area contributed by atoms with E-state index in [1.165, 1.54) is 0 Å². The number of hydrogen-bond acceptors (Lipinski definition) is 4. The van der Waals surface area contributed by atoms with Gasteiger partial charge in [-0.1, -0.05) is 27.2 Å². The van der Waals surface area contributed by atoms with Gasteiger partial charge in [0.2, 0.25) is 0 Å². The van der Waals surface area contributed by atoms with Gasteiger partial charge in [-0.05, 0) is 19.8 Å². The van der Waals surface area contributed by atoms with Crippen LogP contribution in [0.25, 0.3) is 0 Å². The van der Waals surface area contributed by atoms with Crippen LogP contribution >= 0.6 is 11.8 Å². The Hall–Kier alpha value is -0.910. The number of carbonyl (C=O) groups excluding carboxylic acids is 2. The lowest BCUT2D eigenvalue weighted by Gasteiger charge is -2.17. The maximum absolute atomic E-state index is 11.5. The highest BCUT2D eigenvalue weighted by Crippen LogP contribution is 2.21. The quantitative estimate of drug-likeness (QED) is 0.480. The molecule has 0 fully saturated rings. The SMILES string of the molecule is CCOC(=O)CCCCCNC(=O)NCCSC(C)(C)C. The molecule has 6 heteroatoms. The van der Waals surface area contributed by atoms with E-state index in [-0.39, 0.29) is 16.7 Å². The third kappa shape index (κ3) is 15.3. The summed E-state index contributed by atoms with van der Waals surface area (Å²) in [6, 6.07) is -0.116. The van der Waals surface area contributed by atoms with Crippen molar-refractivity contribution in [1.29, 1.82) is 0 Å². The van der Waals surface area contributed by atoms with Crippen molar-refractivity contribution in [3.05, 3.63) is 0 Å². The molecule has 0 heterocycles. The second-order valence-electron chi connectivity index (χ2n) is 5.76. The Morgan fingerprint density at radius 2 is 1.71 bits per heavy atom. The predicted octanol–water partition coefficient (Wildman–Crippen LogP) is 2.94. The molecule has 124 valence electrons. The molecule has 0 aliphatic heterocycles. The topological polar surface area (TPSA) is 67.4 Å². The predicted molar refractivity (Wildman–Crippen MR) is 88.7 cm³/mol. The van der Waals surface area contributed by atoms with Gasteiger partial charge in [0.15, 0.2) is 0 Å². The van der Waals surface area contributed by atoms with Crippen LogP contribution in [0.5, 0.6) is 0 Å². The molecule has 0 aliphatic carbocycles. The Balaban J connectivity index is 3.36. The molecule has 0 aromatic carbocycles. The van der Waals surface area contributed by atoms with Gasteiger partial charge >= 0.3 is 12.0 Å². The molecule has 0 aromatic heterocycles. The minimum absolute atomic E-state index is 0.116. The van der Waals surface area contributed by atoms with Gasteiger partial charge in [-0.25, -0.2) is 4.79 Å². The maximum Gasteiger partial charge on any atom is 0.314 e. The zero-order valence-corrected chi connectivity index (χ0v) is 14.6. The van der Waals surface area contributed by atoms with Crippen molar-refractivity contribution in [2.24, 2.45) is 0 Å². The fourth-order valence-corrected chi connectivity index (χ4v) is 2.41. The summed E-state index contributed by atoms with van der Waals surface area (Å²) in [5.74, 6) is 0.774. The Labute approximate surface area is 133 Å². The van der Waals surface area contributed by atoms with E-state index in [1.54, 1.807) is 6.92 Å². The molecule has 0 saturated carbocycles. The van der Waals surface area contributed by atoms with E-state index in [9.17, 15) is 9.59 Å². The van der Waals surface area contributed by atoms with Crippen molar-refractivity contribution in [2.45, 2.75) is 58.1 Å². The van der Waals surface area contributed by atoms with Crippen LogP contribution in [0, 0.1) is 0 Å². The molecule has 2 N–H and O–H groups in total. The van der Waals surface area contributed by atoms with Gasteiger partial charge in [0.05, 0.1) is 6.61 Å². The lowest BCUT2D eigenvalue weighted by molar-refractivity contribution is -0.143. The van der Waals surface area contributed by atoms with Gasteiger partial charge in [0, 0.05) is 30.0 Å². The van der Waals surface area contributed by atoms with Gasteiger partial charge in [-0.3, -0.25) is 4.79 Å². The molecule has 5 nitrogen and oxygen atoms in total. The number of rotatable bonds is 10. The van der Waals surface area contributed by atoms with Gasteiger partial charge < -0.3 is 15.4 Å². The molecule has 21 heavy (non-hydrogen) atoms. The number of carbonyl (C=O) groups is 2. The summed E-state index contributed by atoms with van der Waals surface area (Å²) in [4.78, 5) is 22.6. The first-order chi connectivity index (χ1) is 9.85. The van der Waals surface area contributed by atoms with Crippen LogP contribution in [0.4, 0.5) is 4.79 Å². The van der Waals surface area contributed by atoms with Crippen molar-refractivity contribution >= 4 is 23.8 Å². The first kappa shape index (κ1) is 20.1. The van der Waals surface area contributed by atoms with Crippen molar-refractivity contribution in [3.63, 3.8) is 0 Å². The van der Waals surface area contributed by atoms with Gasteiger partial charge in [0.1, 0.15) is 0 Å². The summed E-state index contributed by atoms with van der Waals surface area (Å²) in [5.41, 5.74) is 0. The molecule has 0 unspecified atom stereocenters. The van der Waals surface area contributed by atoms with Crippen LogP contribution in [0.3, 0.4) is 0 Å². The first-order valence-corrected chi connectivity index (χ1v) is 8.65. The molecular weight excluding hydrogens is 288 g/mol. The maximum atomic E-state index is 11.5. The lowest BCUT2D eigenvalue weighted by Crippen LogP contribution is -2.37. The van der Waals surface area contributed by atoms with Gasteiger partial charge in [-0.15, -0.1) is 0 Å². The third-order valence-corrected chi connectivity index (χ3v) is 3.85. The summed E-state index contributed by atoms with van der Waals surface area (Å²) < 4.78 is 5.08. The molecule has 0 bridgehead atoms. The van der Waals surface area contributed by atoms with E-state index < -0.39 is 0 Å². The number of unbranched alkanes of at least 4 members (excludes halogenated alkanes) is 2. The molecule has 0 aliphatic rings. The van der Waals surface area contributed by atoms with Gasteiger partial charge in [-0.2, -0.15) is 11.8 Å². The Kier molecular flexibility index (Phi) is 11.2.